The fraction of sp³-hybridized carbons (Fsp3) is 0.167. The van der Waals surface area contributed by atoms with Crippen LogP contribution in [0.25, 0.3) is 0 Å². The monoisotopic (exact) mass is 486 g/mol. The SMILES string of the molecule is CCOC(=O)c1ccc(NC(=O)c2ccc(NS(=O)(=O)c3ccc(C)cc3)c(Cl)c2)c(C)c1. The molecule has 1 amide bonds. The Labute approximate surface area is 197 Å². The van der Waals surface area contributed by atoms with Crippen molar-refractivity contribution in [1.82, 2.24) is 0 Å². The van der Waals surface area contributed by atoms with Crippen LogP contribution in [-0.2, 0) is 14.8 Å². The molecule has 0 unspecified atom stereocenters. The molecule has 0 saturated carbocycles. The van der Waals surface area contributed by atoms with Gasteiger partial charge in [-0.2, -0.15) is 0 Å². The summed E-state index contributed by atoms with van der Waals surface area (Å²) in [5.74, 6) is -0.870. The van der Waals surface area contributed by atoms with Crippen LogP contribution in [0.15, 0.2) is 65.6 Å². The van der Waals surface area contributed by atoms with Gasteiger partial charge in [0.1, 0.15) is 0 Å². The molecule has 3 rings (SSSR count). The first-order valence-corrected chi connectivity index (χ1v) is 11.9. The van der Waals surface area contributed by atoms with Crippen molar-refractivity contribution >= 4 is 44.9 Å². The van der Waals surface area contributed by atoms with E-state index < -0.39 is 21.9 Å². The lowest BCUT2D eigenvalue weighted by Gasteiger charge is -2.12. The Balaban J connectivity index is 1.75. The Bertz CT molecular complexity index is 1300. The van der Waals surface area contributed by atoms with Crippen molar-refractivity contribution in [2.45, 2.75) is 25.7 Å². The number of hydrogen-bond acceptors (Lipinski definition) is 5. The van der Waals surface area contributed by atoms with Crippen LogP contribution >= 0.6 is 11.6 Å². The third-order valence-electron chi connectivity index (χ3n) is 4.79. The summed E-state index contributed by atoms with van der Waals surface area (Å²) in [6, 6.07) is 15.5. The predicted molar refractivity (Wildman–Crippen MR) is 129 cm³/mol. The van der Waals surface area contributed by atoms with Gasteiger partial charge >= 0.3 is 5.97 Å². The molecule has 7 nitrogen and oxygen atoms in total. The minimum Gasteiger partial charge on any atom is -0.462 e. The van der Waals surface area contributed by atoms with Gasteiger partial charge in [0.2, 0.25) is 0 Å². The van der Waals surface area contributed by atoms with Gasteiger partial charge in [0, 0.05) is 11.3 Å². The summed E-state index contributed by atoms with van der Waals surface area (Å²) >= 11 is 6.25. The molecule has 0 spiro atoms. The van der Waals surface area contributed by atoms with Crippen molar-refractivity contribution < 1.29 is 22.7 Å². The smallest absolute Gasteiger partial charge is 0.338 e. The first-order valence-electron chi connectivity index (χ1n) is 10.1. The van der Waals surface area contributed by atoms with Gasteiger partial charge in [-0.3, -0.25) is 9.52 Å². The zero-order chi connectivity index (χ0) is 24.2. The Morgan fingerprint density at radius 2 is 1.55 bits per heavy atom. The Hall–Kier alpha value is -3.36. The lowest BCUT2D eigenvalue weighted by Crippen LogP contribution is -2.15. The summed E-state index contributed by atoms with van der Waals surface area (Å²) in [4.78, 5) is 24.6. The molecule has 0 aliphatic heterocycles. The van der Waals surface area contributed by atoms with Gasteiger partial charge in [-0.25, -0.2) is 13.2 Å². The van der Waals surface area contributed by atoms with Crippen LogP contribution < -0.4 is 10.0 Å². The van der Waals surface area contributed by atoms with E-state index in [0.29, 0.717) is 16.8 Å². The van der Waals surface area contributed by atoms with E-state index in [0.717, 1.165) is 5.56 Å². The molecule has 0 aromatic heterocycles. The largest absolute Gasteiger partial charge is 0.462 e. The fourth-order valence-corrected chi connectivity index (χ4v) is 4.36. The number of amides is 1. The third kappa shape index (κ3) is 5.91. The van der Waals surface area contributed by atoms with Crippen molar-refractivity contribution in [2.75, 3.05) is 16.6 Å². The highest BCUT2D eigenvalue weighted by atomic mass is 35.5. The number of aryl methyl sites for hydroxylation is 2. The second-order valence-electron chi connectivity index (χ2n) is 7.32. The van der Waals surface area contributed by atoms with Crippen LogP contribution in [0.3, 0.4) is 0 Å². The van der Waals surface area contributed by atoms with E-state index in [1.807, 2.05) is 6.92 Å². The van der Waals surface area contributed by atoms with Gasteiger partial charge < -0.3 is 10.1 Å². The number of ether oxygens (including phenoxy) is 1. The van der Waals surface area contributed by atoms with E-state index in [2.05, 4.69) is 10.0 Å². The Kier molecular flexibility index (Phi) is 7.40. The van der Waals surface area contributed by atoms with Gasteiger partial charge in [0.25, 0.3) is 15.9 Å². The topological polar surface area (TPSA) is 102 Å². The zero-order valence-corrected chi connectivity index (χ0v) is 19.9. The molecule has 0 aliphatic carbocycles. The van der Waals surface area contributed by atoms with E-state index >= 15 is 0 Å². The second kappa shape index (κ2) is 10.1. The first-order chi connectivity index (χ1) is 15.6. The summed E-state index contributed by atoms with van der Waals surface area (Å²) in [6.45, 7) is 5.62. The van der Waals surface area contributed by atoms with Gasteiger partial charge in [0.15, 0.2) is 0 Å². The summed E-state index contributed by atoms with van der Waals surface area (Å²) < 4.78 is 32.6. The number of carbonyl (C=O) groups is 2. The van der Waals surface area contributed by atoms with Crippen LogP contribution in [0.1, 0.15) is 38.8 Å². The van der Waals surface area contributed by atoms with E-state index in [9.17, 15) is 18.0 Å². The average Bonchev–Trinajstić information content (AvgIpc) is 2.76. The number of sulfonamides is 1. The maximum Gasteiger partial charge on any atom is 0.338 e. The minimum atomic E-state index is -3.83. The predicted octanol–water partition coefficient (Wildman–Crippen LogP) is 5.19. The van der Waals surface area contributed by atoms with Gasteiger partial charge in [-0.15, -0.1) is 0 Å². The number of benzene rings is 3. The molecule has 0 bridgehead atoms. The number of halogens is 1. The van der Waals surface area contributed by atoms with Crippen LogP contribution in [0.2, 0.25) is 5.02 Å². The standard InChI is InChI=1S/C24H23ClN2O5S/c1-4-32-24(29)18-8-11-21(16(3)13-18)26-23(28)17-7-12-22(20(25)14-17)27-33(30,31)19-9-5-15(2)6-10-19/h5-14,27H,4H2,1-3H3,(H,26,28). The van der Waals surface area contributed by atoms with Crippen molar-refractivity contribution in [3.8, 4) is 0 Å². The van der Waals surface area contributed by atoms with Crippen molar-refractivity contribution in [2.24, 2.45) is 0 Å². The zero-order valence-electron chi connectivity index (χ0n) is 18.3. The summed E-state index contributed by atoms with van der Waals surface area (Å²) in [7, 11) is -3.83. The molecule has 0 heterocycles. The van der Waals surface area contributed by atoms with Crippen LogP contribution in [-0.4, -0.2) is 26.9 Å². The van der Waals surface area contributed by atoms with E-state index in [1.165, 1.54) is 30.3 Å². The summed E-state index contributed by atoms with van der Waals surface area (Å²) in [5, 5.41) is 2.84. The molecule has 3 aromatic carbocycles. The minimum absolute atomic E-state index is 0.0766. The molecule has 0 aliphatic rings. The van der Waals surface area contributed by atoms with Crippen molar-refractivity contribution in [1.29, 1.82) is 0 Å². The lowest BCUT2D eigenvalue weighted by atomic mass is 10.1. The lowest BCUT2D eigenvalue weighted by molar-refractivity contribution is 0.0526. The maximum absolute atomic E-state index is 12.7. The van der Waals surface area contributed by atoms with Gasteiger partial charge in [-0.1, -0.05) is 29.3 Å². The number of esters is 1. The maximum atomic E-state index is 12.7. The molecule has 0 fully saturated rings. The number of rotatable bonds is 7. The Morgan fingerprint density at radius 3 is 2.15 bits per heavy atom. The van der Waals surface area contributed by atoms with E-state index in [-0.39, 0.29) is 27.8 Å². The molecule has 0 atom stereocenters. The van der Waals surface area contributed by atoms with Crippen molar-refractivity contribution in [3.63, 3.8) is 0 Å². The number of hydrogen-bond donors (Lipinski definition) is 2. The highest BCUT2D eigenvalue weighted by molar-refractivity contribution is 7.92. The quantitative estimate of drug-likeness (QED) is 0.448. The van der Waals surface area contributed by atoms with Gasteiger partial charge in [-0.05, 0) is 74.9 Å². The van der Waals surface area contributed by atoms with E-state index in [4.69, 9.17) is 16.3 Å². The normalized spacial score (nSPS) is 11.0. The third-order valence-corrected chi connectivity index (χ3v) is 6.49. The molecule has 0 radical (unpaired) electrons. The molecular formula is C24H23ClN2O5S. The molecule has 9 heteroatoms. The number of anilines is 2. The summed E-state index contributed by atoms with van der Waals surface area (Å²) in [5.41, 5.74) is 2.93. The first kappa shape index (κ1) is 24.3. The van der Waals surface area contributed by atoms with Crippen LogP contribution in [0.4, 0.5) is 11.4 Å². The van der Waals surface area contributed by atoms with Crippen LogP contribution in [0, 0.1) is 13.8 Å². The fourth-order valence-electron chi connectivity index (χ4n) is 3.00. The molecule has 172 valence electrons. The highest BCUT2D eigenvalue weighted by Crippen LogP contribution is 2.27. The highest BCUT2D eigenvalue weighted by Gasteiger charge is 2.17. The Morgan fingerprint density at radius 1 is 0.909 bits per heavy atom. The van der Waals surface area contributed by atoms with E-state index in [1.54, 1.807) is 44.2 Å². The molecular weight excluding hydrogens is 464 g/mol. The second-order valence-corrected chi connectivity index (χ2v) is 9.41. The molecule has 33 heavy (non-hydrogen) atoms. The number of nitrogens with one attached hydrogen (secondary N) is 2. The van der Waals surface area contributed by atoms with Gasteiger partial charge in [0.05, 0.1) is 27.8 Å². The molecule has 3 aromatic rings. The number of carbonyl (C=O) groups excluding carboxylic acids is 2. The van der Waals surface area contributed by atoms with Crippen LogP contribution in [0.5, 0.6) is 0 Å². The van der Waals surface area contributed by atoms with Crippen molar-refractivity contribution in [3.05, 3.63) is 87.9 Å². The molecule has 2 N–H and O–H groups in total. The average molecular weight is 487 g/mol. The molecule has 0 saturated heterocycles. The summed E-state index contributed by atoms with van der Waals surface area (Å²) in [6.07, 6.45) is 0.